The van der Waals surface area contributed by atoms with Crippen LogP contribution in [0.2, 0.25) is 0 Å². The van der Waals surface area contributed by atoms with E-state index in [0.29, 0.717) is 0 Å². The molecule has 0 spiro atoms. The van der Waals surface area contributed by atoms with Crippen molar-refractivity contribution in [2.45, 2.75) is 44.3 Å². The fraction of sp³-hybridized carbons (Fsp3) is 0.800. The highest BCUT2D eigenvalue weighted by molar-refractivity contribution is 7.92. The van der Waals surface area contributed by atoms with Gasteiger partial charge in [0.1, 0.15) is 0 Å². The molecule has 1 aliphatic rings. The molecule has 0 atom stereocenters. The van der Waals surface area contributed by atoms with Gasteiger partial charge in [0, 0.05) is 6.26 Å². The molecule has 0 saturated heterocycles. The van der Waals surface area contributed by atoms with E-state index in [1.54, 1.807) is 0 Å². The third-order valence-corrected chi connectivity index (χ3v) is 5.45. The van der Waals surface area contributed by atoms with Crippen LogP contribution in [-0.4, -0.2) is 19.4 Å². The highest BCUT2D eigenvalue weighted by atomic mass is 32.2. The molecule has 0 radical (unpaired) electrons. The third kappa shape index (κ3) is 2.13. The quantitative estimate of drug-likeness (QED) is 0.611. The Hall–Kier alpha value is -0.310. The van der Waals surface area contributed by atoms with Gasteiger partial charge in [0.05, 0.1) is 4.75 Å². The Morgan fingerprint density at radius 3 is 2.08 bits per heavy atom. The first kappa shape index (κ1) is 10.8. The van der Waals surface area contributed by atoms with E-state index < -0.39 is 14.6 Å². The van der Waals surface area contributed by atoms with Gasteiger partial charge >= 0.3 is 0 Å². The SMILES string of the molecule is CC=C1CCC(C)(S(C)(=O)=O)CC1. The van der Waals surface area contributed by atoms with Gasteiger partial charge in [-0.3, -0.25) is 0 Å². The Balaban J connectivity index is 2.79. The summed E-state index contributed by atoms with van der Waals surface area (Å²) in [6.45, 7) is 3.90. The zero-order valence-electron chi connectivity index (χ0n) is 8.63. The second kappa shape index (κ2) is 3.45. The smallest absolute Gasteiger partial charge is 0.152 e. The van der Waals surface area contributed by atoms with Crippen LogP contribution in [0.3, 0.4) is 0 Å². The topological polar surface area (TPSA) is 34.1 Å². The average Bonchev–Trinajstić information content (AvgIpc) is 2.04. The van der Waals surface area contributed by atoms with Gasteiger partial charge in [-0.1, -0.05) is 11.6 Å². The number of hydrogen-bond acceptors (Lipinski definition) is 2. The summed E-state index contributed by atoms with van der Waals surface area (Å²) >= 11 is 0. The molecule has 0 aromatic carbocycles. The van der Waals surface area contributed by atoms with E-state index in [-0.39, 0.29) is 0 Å². The number of allylic oxidation sites excluding steroid dienone is 2. The van der Waals surface area contributed by atoms with Crippen LogP contribution in [0.25, 0.3) is 0 Å². The first-order valence-electron chi connectivity index (χ1n) is 4.73. The second-order valence-corrected chi connectivity index (χ2v) is 6.70. The van der Waals surface area contributed by atoms with Crippen LogP contribution in [0.4, 0.5) is 0 Å². The van der Waals surface area contributed by atoms with Crippen molar-refractivity contribution in [2.24, 2.45) is 0 Å². The summed E-state index contributed by atoms with van der Waals surface area (Å²) in [5.74, 6) is 0. The van der Waals surface area contributed by atoms with E-state index in [9.17, 15) is 8.42 Å². The van der Waals surface area contributed by atoms with Crippen LogP contribution >= 0.6 is 0 Å². The van der Waals surface area contributed by atoms with Crippen molar-refractivity contribution in [1.82, 2.24) is 0 Å². The molecular weight excluding hydrogens is 184 g/mol. The summed E-state index contributed by atoms with van der Waals surface area (Å²) in [7, 11) is -2.88. The summed E-state index contributed by atoms with van der Waals surface area (Å²) in [4.78, 5) is 0. The third-order valence-electron chi connectivity index (χ3n) is 3.25. The zero-order valence-corrected chi connectivity index (χ0v) is 9.45. The molecule has 3 heteroatoms. The van der Waals surface area contributed by atoms with Gasteiger partial charge in [-0.25, -0.2) is 8.42 Å². The second-order valence-electron chi connectivity index (χ2n) is 4.17. The van der Waals surface area contributed by atoms with Gasteiger partial charge in [-0.05, 0) is 39.5 Å². The summed E-state index contributed by atoms with van der Waals surface area (Å²) < 4.78 is 22.5. The highest BCUT2D eigenvalue weighted by Crippen LogP contribution is 2.36. The molecule has 0 heterocycles. The Bertz CT molecular complexity index is 302. The highest BCUT2D eigenvalue weighted by Gasteiger charge is 2.37. The monoisotopic (exact) mass is 202 g/mol. The van der Waals surface area contributed by atoms with Crippen LogP contribution in [0, 0.1) is 0 Å². The lowest BCUT2D eigenvalue weighted by Gasteiger charge is -2.32. The standard InChI is InChI=1S/C10H18O2S/c1-4-9-5-7-10(2,8-6-9)13(3,11)12/h4H,5-8H2,1-3H3. The van der Waals surface area contributed by atoms with Crippen LogP contribution in [0.5, 0.6) is 0 Å². The fourth-order valence-electron chi connectivity index (χ4n) is 1.76. The van der Waals surface area contributed by atoms with Gasteiger partial charge < -0.3 is 0 Å². The summed E-state index contributed by atoms with van der Waals surface area (Å²) in [6.07, 6.45) is 6.92. The van der Waals surface area contributed by atoms with Crippen LogP contribution in [-0.2, 0) is 9.84 Å². The zero-order chi connectivity index (χ0) is 10.1. The minimum Gasteiger partial charge on any atom is -0.229 e. The van der Waals surface area contributed by atoms with Crippen molar-refractivity contribution in [1.29, 1.82) is 0 Å². The molecule has 1 rings (SSSR count). The number of sulfone groups is 1. The predicted octanol–water partition coefficient (Wildman–Crippen LogP) is 2.31. The minimum atomic E-state index is -2.88. The molecular formula is C10H18O2S. The molecule has 1 aliphatic carbocycles. The molecule has 0 N–H and O–H groups in total. The van der Waals surface area contributed by atoms with Crippen molar-refractivity contribution < 1.29 is 8.42 Å². The van der Waals surface area contributed by atoms with E-state index in [4.69, 9.17) is 0 Å². The Morgan fingerprint density at radius 1 is 1.31 bits per heavy atom. The maximum absolute atomic E-state index is 11.5. The Kier molecular flexibility index (Phi) is 2.85. The Labute approximate surface area is 81.0 Å². The molecule has 0 aliphatic heterocycles. The lowest BCUT2D eigenvalue weighted by molar-refractivity contribution is 0.447. The molecule has 2 nitrogen and oxygen atoms in total. The molecule has 1 fully saturated rings. The molecule has 0 amide bonds. The van der Waals surface area contributed by atoms with Crippen molar-refractivity contribution >= 4 is 9.84 Å². The van der Waals surface area contributed by atoms with Crippen LogP contribution in [0.15, 0.2) is 11.6 Å². The van der Waals surface area contributed by atoms with Gasteiger partial charge in [-0.2, -0.15) is 0 Å². The minimum absolute atomic E-state index is 0.473. The maximum atomic E-state index is 11.5. The maximum Gasteiger partial charge on any atom is 0.152 e. The van der Waals surface area contributed by atoms with E-state index in [0.717, 1.165) is 25.7 Å². The normalized spacial score (nSPS) is 30.2. The molecule has 0 bridgehead atoms. The Morgan fingerprint density at radius 2 is 1.77 bits per heavy atom. The largest absolute Gasteiger partial charge is 0.229 e. The van der Waals surface area contributed by atoms with Crippen molar-refractivity contribution in [3.8, 4) is 0 Å². The molecule has 0 unspecified atom stereocenters. The lowest BCUT2D eigenvalue weighted by atomic mass is 9.86. The molecule has 1 saturated carbocycles. The lowest BCUT2D eigenvalue weighted by Crippen LogP contribution is -2.36. The number of hydrogen-bond donors (Lipinski definition) is 0. The first-order valence-corrected chi connectivity index (χ1v) is 6.62. The van der Waals surface area contributed by atoms with E-state index in [1.807, 2.05) is 13.8 Å². The molecule has 13 heavy (non-hydrogen) atoms. The molecule has 0 aromatic heterocycles. The van der Waals surface area contributed by atoms with Gasteiger partial charge in [-0.15, -0.1) is 0 Å². The van der Waals surface area contributed by atoms with E-state index in [2.05, 4.69) is 6.08 Å². The van der Waals surface area contributed by atoms with Crippen molar-refractivity contribution in [3.05, 3.63) is 11.6 Å². The fourth-order valence-corrected chi connectivity index (χ4v) is 2.71. The molecule has 0 aromatic rings. The summed E-state index contributed by atoms with van der Waals surface area (Å²) in [6, 6.07) is 0. The van der Waals surface area contributed by atoms with Crippen molar-refractivity contribution in [2.75, 3.05) is 6.26 Å². The van der Waals surface area contributed by atoms with Crippen molar-refractivity contribution in [3.63, 3.8) is 0 Å². The van der Waals surface area contributed by atoms with Crippen LogP contribution in [0.1, 0.15) is 39.5 Å². The summed E-state index contributed by atoms with van der Waals surface area (Å²) in [5.41, 5.74) is 1.40. The van der Waals surface area contributed by atoms with Crippen LogP contribution < -0.4 is 0 Å². The predicted molar refractivity (Wildman–Crippen MR) is 55.5 cm³/mol. The van der Waals surface area contributed by atoms with Gasteiger partial charge in [0.15, 0.2) is 9.84 Å². The van der Waals surface area contributed by atoms with E-state index >= 15 is 0 Å². The first-order chi connectivity index (χ1) is 5.89. The molecule has 76 valence electrons. The van der Waals surface area contributed by atoms with Gasteiger partial charge in [0.25, 0.3) is 0 Å². The average molecular weight is 202 g/mol. The summed E-state index contributed by atoms with van der Waals surface area (Å²) in [5, 5.41) is 0. The van der Waals surface area contributed by atoms with E-state index in [1.165, 1.54) is 11.8 Å². The van der Waals surface area contributed by atoms with Gasteiger partial charge in [0.2, 0.25) is 0 Å². The number of rotatable bonds is 1.